The number of carbonyl (C=O) groups is 1. The standard InChI is InChI=1S/C17H12N4O5S2/c22-15(18-10-2-4-13-11(8-10)19-17(23)26-13)9-1-3-12-14(7-9)27-16-20-28(24,25)6-5-21(12)16/h1-4,7-8H,5-6H2,(H,18,22)(H,19,23). The lowest BCUT2D eigenvalue weighted by Crippen LogP contribution is -2.35. The van der Waals surface area contributed by atoms with E-state index in [1.165, 1.54) is 11.8 Å². The molecule has 0 aliphatic carbocycles. The average molecular weight is 416 g/mol. The molecule has 142 valence electrons. The Morgan fingerprint density at radius 1 is 1.25 bits per heavy atom. The Morgan fingerprint density at radius 3 is 2.96 bits per heavy atom. The van der Waals surface area contributed by atoms with Crippen molar-refractivity contribution in [3.63, 3.8) is 0 Å². The predicted molar refractivity (Wildman–Crippen MR) is 106 cm³/mol. The predicted octanol–water partition coefficient (Wildman–Crippen LogP) is 1.98. The number of benzene rings is 2. The number of thioether (sulfide) groups is 1. The largest absolute Gasteiger partial charge is 0.417 e. The summed E-state index contributed by atoms with van der Waals surface area (Å²) in [6.07, 6.45) is 0. The first kappa shape index (κ1) is 17.1. The Labute approximate surface area is 162 Å². The SMILES string of the molecule is O=C(Nc1ccc2oc(=O)[nH]c2c1)c1ccc2c(c1)SC1=NS(=O)(=O)CCN12. The number of nitrogens with one attached hydrogen (secondary N) is 2. The van der Waals surface area contributed by atoms with E-state index in [-0.39, 0.29) is 11.7 Å². The average Bonchev–Trinajstić information content (AvgIpc) is 3.17. The quantitative estimate of drug-likeness (QED) is 0.654. The van der Waals surface area contributed by atoms with Crippen LogP contribution in [-0.2, 0) is 10.0 Å². The van der Waals surface area contributed by atoms with Crippen molar-refractivity contribution in [2.24, 2.45) is 4.40 Å². The summed E-state index contributed by atoms with van der Waals surface area (Å²) >= 11 is 1.23. The molecule has 0 saturated carbocycles. The molecule has 2 aromatic carbocycles. The summed E-state index contributed by atoms with van der Waals surface area (Å²) in [5.41, 5.74) is 2.67. The van der Waals surface area contributed by atoms with Crippen molar-refractivity contribution in [2.45, 2.75) is 4.90 Å². The second-order valence-electron chi connectivity index (χ2n) is 6.28. The van der Waals surface area contributed by atoms with Gasteiger partial charge in [-0.25, -0.2) is 13.2 Å². The van der Waals surface area contributed by atoms with Gasteiger partial charge >= 0.3 is 5.76 Å². The number of sulfonamides is 1. The first-order chi connectivity index (χ1) is 13.4. The minimum absolute atomic E-state index is 0.0304. The fraction of sp³-hybridized carbons (Fsp3) is 0.118. The Bertz CT molecular complexity index is 1340. The number of aromatic amines is 1. The van der Waals surface area contributed by atoms with E-state index in [1.54, 1.807) is 36.4 Å². The summed E-state index contributed by atoms with van der Waals surface area (Å²) in [6.45, 7) is 0.343. The molecule has 5 rings (SSSR count). The molecule has 9 nitrogen and oxygen atoms in total. The zero-order chi connectivity index (χ0) is 19.5. The minimum atomic E-state index is -3.42. The van der Waals surface area contributed by atoms with Crippen LogP contribution in [0.5, 0.6) is 0 Å². The summed E-state index contributed by atoms with van der Waals surface area (Å²) < 4.78 is 32.1. The van der Waals surface area contributed by atoms with E-state index >= 15 is 0 Å². The van der Waals surface area contributed by atoms with Gasteiger partial charge in [-0.2, -0.15) is 0 Å². The maximum Gasteiger partial charge on any atom is 0.417 e. The Morgan fingerprint density at radius 2 is 2.11 bits per heavy atom. The van der Waals surface area contributed by atoms with Crippen molar-refractivity contribution in [1.29, 1.82) is 0 Å². The number of hydrogen-bond donors (Lipinski definition) is 2. The summed E-state index contributed by atoms with van der Waals surface area (Å²) in [7, 11) is -3.42. The lowest BCUT2D eigenvalue weighted by Gasteiger charge is -2.22. The molecule has 3 heterocycles. The van der Waals surface area contributed by atoms with Crippen LogP contribution in [0.25, 0.3) is 11.1 Å². The van der Waals surface area contributed by atoms with E-state index in [1.807, 2.05) is 4.90 Å². The number of amidine groups is 1. The molecule has 1 amide bonds. The molecule has 11 heteroatoms. The number of H-pyrrole nitrogens is 1. The van der Waals surface area contributed by atoms with Crippen molar-refractivity contribution in [3.05, 3.63) is 52.5 Å². The summed E-state index contributed by atoms with van der Waals surface area (Å²) in [5.74, 6) is -0.916. The monoisotopic (exact) mass is 416 g/mol. The fourth-order valence-electron chi connectivity index (χ4n) is 3.10. The molecule has 0 saturated heterocycles. The van der Waals surface area contributed by atoms with Crippen LogP contribution in [0.3, 0.4) is 0 Å². The van der Waals surface area contributed by atoms with Crippen molar-refractivity contribution in [3.8, 4) is 0 Å². The van der Waals surface area contributed by atoms with Crippen LogP contribution >= 0.6 is 11.8 Å². The molecule has 0 atom stereocenters. The smallest absolute Gasteiger partial charge is 0.408 e. The highest BCUT2D eigenvalue weighted by molar-refractivity contribution is 8.15. The van der Waals surface area contributed by atoms with Gasteiger partial charge in [-0.1, -0.05) is 0 Å². The van der Waals surface area contributed by atoms with Crippen LogP contribution in [-0.4, -0.2) is 36.8 Å². The third-order valence-electron chi connectivity index (χ3n) is 4.41. The zero-order valence-corrected chi connectivity index (χ0v) is 15.8. The number of anilines is 2. The molecular weight excluding hydrogens is 404 g/mol. The zero-order valence-electron chi connectivity index (χ0n) is 14.1. The van der Waals surface area contributed by atoms with Gasteiger partial charge in [0.2, 0.25) is 0 Å². The molecule has 0 radical (unpaired) electrons. The molecule has 2 aliphatic heterocycles. The number of oxazole rings is 1. The number of rotatable bonds is 2. The highest BCUT2D eigenvalue weighted by Gasteiger charge is 2.33. The van der Waals surface area contributed by atoms with E-state index in [0.717, 1.165) is 10.6 Å². The van der Waals surface area contributed by atoms with Crippen LogP contribution in [0.15, 0.2) is 54.9 Å². The number of fused-ring (bicyclic) bond motifs is 4. The molecule has 0 unspecified atom stereocenters. The van der Waals surface area contributed by atoms with E-state index in [9.17, 15) is 18.0 Å². The highest BCUT2D eigenvalue weighted by Crippen LogP contribution is 2.42. The fourth-order valence-corrected chi connectivity index (χ4v) is 5.40. The summed E-state index contributed by atoms with van der Waals surface area (Å²) in [4.78, 5) is 29.0. The Balaban J connectivity index is 1.42. The van der Waals surface area contributed by atoms with Crippen molar-refractivity contribution in [2.75, 3.05) is 22.5 Å². The molecule has 1 aromatic heterocycles. The molecule has 28 heavy (non-hydrogen) atoms. The molecule has 0 fully saturated rings. The molecule has 2 N–H and O–H groups in total. The Kier molecular flexibility index (Phi) is 3.64. The second kappa shape index (κ2) is 5.97. The van der Waals surface area contributed by atoms with E-state index in [0.29, 0.717) is 34.1 Å². The Hall–Kier alpha value is -3.05. The lowest BCUT2D eigenvalue weighted by molar-refractivity contribution is 0.102. The van der Waals surface area contributed by atoms with Gasteiger partial charge in [0, 0.05) is 22.7 Å². The summed E-state index contributed by atoms with van der Waals surface area (Å²) in [6, 6.07) is 10.0. The van der Waals surface area contributed by atoms with Crippen LogP contribution in [0.2, 0.25) is 0 Å². The van der Waals surface area contributed by atoms with Gasteiger partial charge in [0.25, 0.3) is 15.9 Å². The first-order valence-corrected chi connectivity index (χ1v) is 10.7. The minimum Gasteiger partial charge on any atom is -0.408 e. The maximum atomic E-state index is 12.6. The van der Waals surface area contributed by atoms with Gasteiger partial charge in [0.05, 0.1) is 17.0 Å². The molecule has 2 aliphatic rings. The summed E-state index contributed by atoms with van der Waals surface area (Å²) in [5, 5.41) is 3.19. The van der Waals surface area contributed by atoms with E-state index < -0.39 is 15.8 Å². The third kappa shape index (κ3) is 2.88. The van der Waals surface area contributed by atoms with Crippen molar-refractivity contribution >= 4 is 55.3 Å². The molecule has 0 spiro atoms. The number of aromatic nitrogens is 1. The van der Waals surface area contributed by atoms with E-state index in [2.05, 4.69) is 14.7 Å². The van der Waals surface area contributed by atoms with Crippen LogP contribution in [0.4, 0.5) is 11.4 Å². The van der Waals surface area contributed by atoms with Gasteiger partial charge in [-0.15, -0.1) is 4.40 Å². The highest BCUT2D eigenvalue weighted by atomic mass is 32.2. The van der Waals surface area contributed by atoms with Gasteiger partial charge in [0.15, 0.2) is 10.8 Å². The van der Waals surface area contributed by atoms with Gasteiger partial charge < -0.3 is 14.6 Å². The van der Waals surface area contributed by atoms with Gasteiger partial charge in [-0.05, 0) is 48.2 Å². The maximum absolute atomic E-state index is 12.6. The van der Waals surface area contributed by atoms with Crippen LogP contribution < -0.4 is 16.0 Å². The topological polar surface area (TPSA) is 125 Å². The van der Waals surface area contributed by atoms with Gasteiger partial charge in [0.1, 0.15) is 0 Å². The molecule has 3 aromatic rings. The number of hydrogen-bond acceptors (Lipinski definition) is 7. The number of amides is 1. The normalized spacial score (nSPS) is 17.1. The van der Waals surface area contributed by atoms with Crippen molar-refractivity contribution < 1.29 is 17.6 Å². The number of carbonyl (C=O) groups excluding carboxylic acids is 1. The molecular formula is C17H12N4O5S2. The van der Waals surface area contributed by atoms with Crippen molar-refractivity contribution in [1.82, 2.24) is 4.98 Å². The number of nitrogens with zero attached hydrogens (tertiary/aromatic N) is 2. The molecule has 0 bridgehead atoms. The van der Waals surface area contributed by atoms with Gasteiger partial charge in [-0.3, -0.25) is 9.78 Å². The first-order valence-electron chi connectivity index (χ1n) is 8.24. The van der Waals surface area contributed by atoms with E-state index in [4.69, 9.17) is 4.42 Å². The van der Waals surface area contributed by atoms with Crippen LogP contribution in [0, 0.1) is 0 Å². The lowest BCUT2D eigenvalue weighted by atomic mass is 10.1. The second-order valence-corrected chi connectivity index (χ2v) is 9.04. The van der Waals surface area contributed by atoms with Crippen LogP contribution in [0.1, 0.15) is 10.4 Å². The third-order valence-corrected chi connectivity index (χ3v) is 6.72.